The Balaban J connectivity index is 1.41. The van der Waals surface area contributed by atoms with E-state index in [-0.39, 0.29) is 24.1 Å². The van der Waals surface area contributed by atoms with Crippen molar-refractivity contribution in [3.63, 3.8) is 0 Å². The fourth-order valence-electron chi connectivity index (χ4n) is 3.42. The first-order chi connectivity index (χ1) is 13.7. The molecular weight excluding hydrogens is 389 g/mol. The quantitative estimate of drug-likeness (QED) is 0.663. The topological polar surface area (TPSA) is 82.0 Å². The van der Waals surface area contributed by atoms with Crippen molar-refractivity contribution in [2.75, 3.05) is 13.1 Å². The van der Waals surface area contributed by atoms with Crippen molar-refractivity contribution >= 4 is 5.91 Å². The minimum atomic E-state index is -4.54. The Morgan fingerprint density at radius 1 is 1.38 bits per heavy atom. The fourth-order valence-corrected chi connectivity index (χ4v) is 3.42. The molecular formula is C18H19F3N6O2. The smallest absolute Gasteiger partial charge is 0.348 e. The number of nitrogens with zero attached hydrogens (tertiary/aromatic N) is 6. The first-order valence-electron chi connectivity index (χ1n) is 9.07. The van der Waals surface area contributed by atoms with Gasteiger partial charge in [0.2, 0.25) is 17.6 Å². The monoisotopic (exact) mass is 408 g/mol. The molecule has 0 saturated carbocycles. The zero-order valence-corrected chi connectivity index (χ0v) is 15.8. The summed E-state index contributed by atoms with van der Waals surface area (Å²) in [5.74, 6) is 0.523. The Bertz CT molecular complexity index is 1030. The summed E-state index contributed by atoms with van der Waals surface area (Å²) in [5, 5.41) is 7.52. The summed E-state index contributed by atoms with van der Waals surface area (Å²) in [5.41, 5.74) is 0.104. The van der Waals surface area contributed by atoms with E-state index in [1.165, 1.54) is 6.92 Å². The van der Waals surface area contributed by atoms with Crippen molar-refractivity contribution in [2.24, 2.45) is 7.05 Å². The van der Waals surface area contributed by atoms with Crippen LogP contribution in [0.1, 0.15) is 29.6 Å². The van der Waals surface area contributed by atoms with Crippen LogP contribution in [-0.2, 0) is 24.6 Å². The lowest BCUT2D eigenvalue weighted by Gasteiger charge is -2.16. The van der Waals surface area contributed by atoms with Crippen LogP contribution in [0.25, 0.3) is 11.5 Å². The first kappa shape index (κ1) is 19.2. The van der Waals surface area contributed by atoms with Crippen molar-refractivity contribution in [2.45, 2.75) is 32.0 Å². The lowest BCUT2D eigenvalue weighted by Crippen LogP contribution is -2.32. The van der Waals surface area contributed by atoms with Crippen LogP contribution in [0.4, 0.5) is 13.2 Å². The predicted molar refractivity (Wildman–Crippen MR) is 94.6 cm³/mol. The number of halogens is 3. The maximum Gasteiger partial charge on any atom is 0.435 e. The molecule has 3 aromatic heterocycles. The lowest BCUT2D eigenvalue weighted by atomic mass is 10.1. The van der Waals surface area contributed by atoms with Gasteiger partial charge in [0.15, 0.2) is 5.69 Å². The van der Waals surface area contributed by atoms with Crippen LogP contribution in [0.15, 0.2) is 28.9 Å². The van der Waals surface area contributed by atoms with E-state index in [1.54, 1.807) is 4.90 Å². The average Bonchev–Trinajstić information content (AvgIpc) is 3.40. The number of likely N-dealkylation sites (tertiary alicyclic amines) is 1. The maximum absolute atomic E-state index is 12.8. The Morgan fingerprint density at radius 3 is 2.83 bits per heavy atom. The molecule has 4 rings (SSSR count). The van der Waals surface area contributed by atoms with Crippen molar-refractivity contribution in [1.82, 2.24) is 29.4 Å². The van der Waals surface area contributed by atoms with E-state index in [0.29, 0.717) is 31.2 Å². The van der Waals surface area contributed by atoms with E-state index in [2.05, 4.69) is 15.2 Å². The lowest BCUT2D eigenvalue weighted by molar-refractivity contribution is -0.142. The molecule has 0 aromatic carbocycles. The van der Waals surface area contributed by atoms with Gasteiger partial charge in [0.05, 0.1) is 11.6 Å². The van der Waals surface area contributed by atoms with Gasteiger partial charge in [0.25, 0.3) is 0 Å². The molecule has 0 radical (unpaired) electrons. The number of carbonyl (C=O) groups is 1. The number of aromatic nitrogens is 5. The molecule has 11 heteroatoms. The highest BCUT2D eigenvalue weighted by Crippen LogP contribution is 2.30. The summed E-state index contributed by atoms with van der Waals surface area (Å²) in [6.45, 7) is 2.09. The van der Waals surface area contributed by atoms with Gasteiger partial charge in [-0.1, -0.05) is 5.16 Å². The molecule has 1 amide bonds. The van der Waals surface area contributed by atoms with Crippen LogP contribution in [0, 0.1) is 6.92 Å². The number of rotatable bonds is 4. The van der Waals surface area contributed by atoms with Gasteiger partial charge < -0.3 is 14.0 Å². The number of amides is 1. The number of hydrogen-bond acceptors (Lipinski definition) is 5. The third kappa shape index (κ3) is 3.76. The zero-order valence-electron chi connectivity index (χ0n) is 15.8. The minimum Gasteiger partial charge on any atom is -0.348 e. The largest absolute Gasteiger partial charge is 0.435 e. The summed E-state index contributed by atoms with van der Waals surface area (Å²) in [7, 11) is 1.88. The van der Waals surface area contributed by atoms with Gasteiger partial charge in [0.1, 0.15) is 6.54 Å². The molecule has 29 heavy (non-hydrogen) atoms. The molecule has 0 spiro atoms. The van der Waals surface area contributed by atoms with Gasteiger partial charge in [-0.3, -0.25) is 9.48 Å². The van der Waals surface area contributed by atoms with Crippen molar-refractivity contribution in [3.8, 4) is 11.5 Å². The molecule has 0 bridgehead atoms. The summed E-state index contributed by atoms with van der Waals surface area (Å²) >= 11 is 0. The molecule has 0 N–H and O–H groups in total. The molecule has 1 unspecified atom stereocenters. The minimum absolute atomic E-state index is 0.107. The molecule has 4 heterocycles. The molecule has 154 valence electrons. The Morgan fingerprint density at radius 2 is 2.17 bits per heavy atom. The predicted octanol–water partition coefficient (Wildman–Crippen LogP) is 2.61. The molecule has 1 aliphatic heterocycles. The van der Waals surface area contributed by atoms with E-state index < -0.39 is 11.9 Å². The van der Waals surface area contributed by atoms with Crippen LogP contribution in [0.3, 0.4) is 0 Å². The highest BCUT2D eigenvalue weighted by Gasteiger charge is 2.35. The van der Waals surface area contributed by atoms with Crippen LogP contribution in [0.5, 0.6) is 0 Å². The number of aryl methyl sites for hydroxylation is 2. The van der Waals surface area contributed by atoms with Crippen molar-refractivity contribution in [1.29, 1.82) is 0 Å². The van der Waals surface area contributed by atoms with Crippen LogP contribution < -0.4 is 0 Å². The first-order valence-corrected chi connectivity index (χ1v) is 9.07. The van der Waals surface area contributed by atoms with Crippen LogP contribution in [0.2, 0.25) is 0 Å². The van der Waals surface area contributed by atoms with E-state index >= 15 is 0 Å². The van der Waals surface area contributed by atoms with Gasteiger partial charge in [-0.25, -0.2) is 0 Å². The van der Waals surface area contributed by atoms with E-state index in [4.69, 9.17) is 4.52 Å². The number of hydrogen-bond donors (Lipinski definition) is 0. The van der Waals surface area contributed by atoms with E-state index in [1.807, 2.05) is 29.9 Å². The second kappa shape index (κ2) is 7.05. The Labute approximate surface area is 163 Å². The Kier molecular flexibility index (Phi) is 4.67. The van der Waals surface area contributed by atoms with Crippen LogP contribution in [-0.4, -0.2) is 48.4 Å². The fraction of sp³-hybridized carbons (Fsp3) is 0.444. The number of alkyl halides is 3. The molecule has 1 fully saturated rings. The van der Waals surface area contributed by atoms with Gasteiger partial charge in [-0.15, -0.1) is 0 Å². The van der Waals surface area contributed by atoms with Crippen molar-refractivity contribution < 1.29 is 22.5 Å². The highest BCUT2D eigenvalue weighted by molar-refractivity contribution is 5.76. The van der Waals surface area contributed by atoms with E-state index in [0.717, 1.165) is 16.4 Å². The van der Waals surface area contributed by atoms with E-state index in [9.17, 15) is 18.0 Å². The molecule has 1 saturated heterocycles. The number of carbonyl (C=O) groups excluding carboxylic acids is 1. The van der Waals surface area contributed by atoms with Crippen molar-refractivity contribution in [3.05, 3.63) is 41.7 Å². The second-order valence-electron chi connectivity index (χ2n) is 7.11. The molecule has 3 aromatic rings. The normalized spacial score (nSPS) is 17.3. The highest BCUT2D eigenvalue weighted by atomic mass is 19.4. The third-order valence-corrected chi connectivity index (χ3v) is 5.06. The molecule has 8 nitrogen and oxygen atoms in total. The SMILES string of the molecule is Cc1cc(C(F)(F)F)nn1CC(=O)N1CCC(c2nc(-c3cccn3C)no2)C1. The van der Waals surface area contributed by atoms with Gasteiger partial charge in [0, 0.05) is 32.0 Å². The van der Waals surface area contributed by atoms with Gasteiger partial charge >= 0.3 is 6.18 Å². The zero-order chi connectivity index (χ0) is 20.8. The molecule has 1 atom stereocenters. The van der Waals surface area contributed by atoms with Gasteiger partial charge in [-0.05, 0) is 31.5 Å². The summed E-state index contributed by atoms with van der Waals surface area (Å²) in [6.07, 6.45) is -2.01. The standard InChI is InChI=1S/C18H19F3N6O2/c1-11-8-14(18(19,20)21)23-27(11)10-15(28)26-7-5-12(9-26)17-22-16(24-29-17)13-4-3-6-25(13)2/h3-4,6,8,12H,5,7,9-10H2,1-2H3. The third-order valence-electron chi connectivity index (χ3n) is 5.06. The molecule has 0 aliphatic carbocycles. The average molecular weight is 408 g/mol. The maximum atomic E-state index is 12.8. The Hall–Kier alpha value is -3.11. The molecule has 1 aliphatic rings. The summed E-state index contributed by atoms with van der Waals surface area (Å²) in [6, 6.07) is 4.69. The summed E-state index contributed by atoms with van der Waals surface area (Å²) < 4.78 is 46.7. The van der Waals surface area contributed by atoms with Crippen LogP contribution >= 0.6 is 0 Å². The summed E-state index contributed by atoms with van der Waals surface area (Å²) in [4.78, 5) is 18.6. The second-order valence-corrected chi connectivity index (χ2v) is 7.11. The van der Waals surface area contributed by atoms with Gasteiger partial charge in [-0.2, -0.15) is 23.3 Å².